The minimum atomic E-state index is -0.444. The first kappa shape index (κ1) is 12.4. The summed E-state index contributed by atoms with van der Waals surface area (Å²) in [7, 11) is 1.50. The lowest BCUT2D eigenvalue weighted by molar-refractivity contribution is -0.134. The largest absolute Gasteiger partial charge is 0.376 e. The first-order valence-corrected chi connectivity index (χ1v) is 5.30. The van der Waals surface area contributed by atoms with Gasteiger partial charge in [0.1, 0.15) is 6.10 Å². The third kappa shape index (κ3) is 2.90. The molecule has 0 radical (unpaired) electrons. The van der Waals surface area contributed by atoms with E-state index < -0.39 is 6.10 Å². The highest BCUT2D eigenvalue weighted by Crippen LogP contribution is 2.22. The second-order valence-corrected chi connectivity index (χ2v) is 3.81. The van der Waals surface area contributed by atoms with E-state index in [9.17, 15) is 4.79 Å². The van der Waals surface area contributed by atoms with E-state index in [-0.39, 0.29) is 24.1 Å². The molecule has 5 heteroatoms. The zero-order valence-electron chi connectivity index (χ0n) is 9.53. The highest BCUT2D eigenvalue weighted by molar-refractivity contribution is 5.80. The quantitative estimate of drug-likeness (QED) is 0.658. The molecule has 0 aromatic carbocycles. The van der Waals surface area contributed by atoms with Crippen molar-refractivity contribution < 1.29 is 14.3 Å². The van der Waals surface area contributed by atoms with Gasteiger partial charge in [0, 0.05) is 19.8 Å². The fourth-order valence-electron chi connectivity index (χ4n) is 1.62. The Labute approximate surface area is 90.3 Å². The van der Waals surface area contributed by atoms with E-state index >= 15 is 0 Å². The number of rotatable bonds is 5. The summed E-state index contributed by atoms with van der Waals surface area (Å²) in [5, 5.41) is 2.84. The van der Waals surface area contributed by atoms with Crippen molar-refractivity contribution in [3.8, 4) is 0 Å². The number of nitrogens with two attached hydrogens (primary N) is 1. The number of nitrogens with one attached hydrogen (secondary N) is 1. The molecule has 5 nitrogen and oxygen atoms in total. The Morgan fingerprint density at radius 3 is 2.80 bits per heavy atom. The molecule has 0 bridgehead atoms. The normalized spacial score (nSPS) is 31.9. The van der Waals surface area contributed by atoms with Gasteiger partial charge >= 0.3 is 0 Å². The molecule has 0 spiro atoms. The predicted molar refractivity (Wildman–Crippen MR) is 56.4 cm³/mol. The predicted octanol–water partition coefficient (Wildman–Crippen LogP) is -0.358. The van der Waals surface area contributed by atoms with Gasteiger partial charge in [-0.1, -0.05) is 0 Å². The molecule has 1 aliphatic carbocycles. The number of carbonyl (C=O) groups is 1. The van der Waals surface area contributed by atoms with Crippen LogP contribution in [0.2, 0.25) is 0 Å². The molecule has 0 saturated heterocycles. The number of methoxy groups -OCH3 is 1. The number of hydrogen-bond acceptors (Lipinski definition) is 4. The molecule has 3 N–H and O–H groups in total. The zero-order chi connectivity index (χ0) is 11.4. The van der Waals surface area contributed by atoms with Crippen LogP contribution >= 0.6 is 0 Å². The summed E-state index contributed by atoms with van der Waals surface area (Å²) in [5.74, 6) is -0.137. The van der Waals surface area contributed by atoms with Crippen LogP contribution in [0.1, 0.15) is 20.3 Å². The number of ether oxygens (including phenoxy) is 2. The van der Waals surface area contributed by atoms with Crippen LogP contribution in [0.5, 0.6) is 0 Å². The fraction of sp³-hybridized carbons (Fsp3) is 0.900. The maximum atomic E-state index is 11.5. The fourth-order valence-corrected chi connectivity index (χ4v) is 1.62. The smallest absolute Gasteiger partial charge is 0.249 e. The summed E-state index contributed by atoms with van der Waals surface area (Å²) < 4.78 is 10.4. The van der Waals surface area contributed by atoms with Crippen molar-refractivity contribution in [1.82, 2.24) is 5.32 Å². The average molecular weight is 216 g/mol. The molecule has 1 amide bonds. The monoisotopic (exact) mass is 216 g/mol. The summed E-state index contributed by atoms with van der Waals surface area (Å²) >= 11 is 0. The highest BCUT2D eigenvalue weighted by atomic mass is 16.5. The molecular weight excluding hydrogens is 196 g/mol. The second-order valence-electron chi connectivity index (χ2n) is 3.81. The maximum absolute atomic E-state index is 11.5. The van der Waals surface area contributed by atoms with Gasteiger partial charge in [0.15, 0.2) is 0 Å². The lowest BCUT2D eigenvalue weighted by Crippen LogP contribution is -2.65. The zero-order valence-corrected chi connectivity index (χ0v) is 9.53. The van der Waals surface area contributed by atoms with Crippen molar-refractivity contribution in [2.45, 2.75) is 44.6 Å². The highest BCUT2D eigenvalue weighted by Gasteiger charge is 2.40. The van der Waals surface area contributed by atoms with Crippen molar-refractivity contribution >= 4 is 5.91 Å². The van der Waals surface area contributed by atoms with Crippen molar-refractivity contribution in [1.29, 1.82) is 0 Å². The molecular formula is C10H20N2O3. The van der Waals surface area contributed by atoms with Gasteiger partial charge in [-0.25, -0.2) is 0 Å². The molecule has 0 heterocycles. The van der Waals surface area contributed by atoms with Crippen LogP contribution in [0, 0.1) is 0 Å². The van der Waals surface area contributed by atoms with E-state index in [2.05, 4.69) is 5.32 Å². The van der Waals surface area contributed by atoms with Gasteiger partial charge in [-0.2, -0.15) is 0 Å². The van der Waals surface area contributed by atoms with Gasteiger partial charge in [0.2, 0.25) is 5.91 Å². The molecule has 0 aliphatic heterocycles. The van der Waals surface area contributed by atoms with E-state index in [4.69, 9.17) is 15.2 Å². The van der Waals surface area contributed by atoms with Crippen molar-refractivity contribution in [2.24, 2.45) is 5.73 Å². The Bertz CT molecular complexity index is 221. The van der Waals surface area contributed by atoms with Gasteiger partial charge in [-0.15, -0.1) is 0 Å². The van der Waals surface area contributed by atoms with Crippen LogP contribution in [-0.2, 0) is 14.3 Å². The van der Waals surface area contributed by atoms with E-state index in [1.807, 2.05) is 6.92 Å². The minimum absolute atomic E-state index is 0.00504. The van der Waals surface area contributed by atoms with Gasteiger partial charge in [0.05, 0.1) is 12.1 Å². The molecule has 1 aliphatic rings. The third-order valence-corrected chi connectivity index (χ3v) is 2.78. The maximum Gasteiger partial charge on any atom is 0.249 e. The van der Waals surface area contributed by atoms with Crippen LogP contribution in [0.4, 0.5) is 0 Å². The molecule has 1 saturated carbocycles. The van der Waals surface area contributed by atoms with E-state index in [0.29, 0.717) is 6.61 Å². The van der Waals surface area contributed by atoms with Crippen molar-refractivity contribution in [3.05, 3.63) is 0 Å². The summed E-state index contributed by atoms with van der Waals surface area (Å²) in [5.41, 5.74) is 5.80. The lowest BCUT2D eigenvalue weighted by atomic mass is 9.83. The molecule has 0 aromatic rings. The number of amides is 1. The average Bonchev–Trinajstić information content (AvgIpc) is 2.24. The van der Waals surface area contributed by atoms with E-state index in [0.717, 1.165) is 6.42 Å². The van der Waals surface area contributed by atoms with Gasteiger partial charge in [-0.3, -0.25) is 4.79 Å². The molecule has 4 atom stereocenters. The standard InChI is InChI=1S/C10H20N2O3/c1-4-15-8-5-7(11)9(8)12-10(13)6(2)14-3/h6-9H,4-5,11H2,1-3H3,(H,12,13). The first-order chi connectivity index (χ1) is 7.10. The van der Waals surface area contributed by atoms with Gasteiger partial charge in [-0.05, 0) is 20.3 Å². The summed E-state index contributed by atoms with van der Waals surface area (Å²) in [6.45, 7) is 4.28. The molecule has 4 unspecified atom stereocenters. The van der Waals surface area contributed by atoms with Gasteiger partial charge < -0.3 is 20.5 Å². The Morgan fingerprint density at radius 2 is 2.33 bits per heavy atom. The van der Waals surface area contributed by atoms with Crippen molar-refractivity contribution in [3.63, 3.8) is 0 Å². The topological polar surface area (TPSA) is 73.6 Å². The Balaban J connectivity index is 2.39. The minimum Gasteiger partial charge on any atom is -0.376 e. The second kappa shape index (κ2) is 5.44. The third-order valence-electron chi connectivity index (χ3n) is 2.78. The van der Waals surface area contributed by atoms with Gasteiger partial charge in [0.25, 0.3) is 0 Å². The summed E-state index contributed by atoms with van der Waals surface area (Å²) in [4.78, 5) is 11.5. The van der Waals surface area contributed by atoms with Crippen LogP contribution in [0.15, 0.2) is 0 Å². The first-order valence-electron chi connectivity index (χ1n) is 5.30. The van der Waals surface area contributed by atoms with Crippen LogP contribution in [0.3, 0.4) is 0 Å². The van der Waals surface area contributed by atoms with E-state index in [1.165, 1.54) is 7.11 Å². The van der Waals surface area contributed by atoms with Crippen molar-refractivity contribution in [2.75, 3.05) is 13.7 Å². The SMILES string of the molecule is CCOC1CC(N)C1NC(=O)C(C)OC. The molecule has 0 aromatic heterocycles. The molecule has 1 fully saturated rings. The Kier molecular flexibility index (Phi) is 4.50. The van der Waals surface area contributed by atoms with Crippen LogP contribution in [-0.4, -0.2) is 43.9 Å². The molecule has 1 rings (SSSR count). The van der Waals surface area contributed by atoms with Crippen LogP contribution < -0.4 is 11.1 Å². The van der Waals surface area contributed by atoms with E-state index in [1.54, 1.807) is 6.92 Å². The molecule has 15 heavy (non-hydrogen) atoms. The van der Waals surface area contributed by atoms with Crippen LogP contribution in [0.25, 0.3) is 0 Å². The molecule has 88 valence electrons. The Hall–Kier alpha value is -0.650. The number of hydrogen-bond donors (Lipinski definition) is 2. The number of carbonyl (C=O) groups excluding carboxylic acids is 1. The Morgan fingerprint density at radius 1 is 1.67 bits per heavy atom. The summed E-state index contributed by atoms with van der Waals surface area (Å²) in [6, 6.07) is -0.0791. The lowest BCUT2D eigenvalue weighted by Gasteiger charge is -2.42. The summed E-state index contributed by atoms with van der Waals surface area (Å²) in [6.07, 6.45) is 0.415.